The van der Waals surface area contributed by atoms with Gasteiger partial charge in [-0.3, -0.25) is 4.99 Å². The zero-order valence-corrected chi connectivity index (χ0v) is 11.6. The molecule has 1 aromatic rings. The van der Waals surface area contributed by atoms with Gasteiger partial charge in [-0.2, -0.15) is 11.8 Å². The first-order valence-electron chi connectivity index (χ1n) is 5.55. The van der Waals surface area contributed by atoms with Crippen molar-refractivity contribution in [3.05, 3.63) is 11.1 Å². The maximum absolute atomic E-state index is 5.71. The molecule has 5 N–H and O–H groups in total. The largest absolute Gasteiger partial charge is 0.370 e. The van der Waals surface area contributed by atoms with Crippen molar-refractivity contribution in [2.24, 2.45) is 16.5 Å². The third kappa shape index (κ3) is 5.90. The van der Waals surface area contributed by atoms with Gasteiger partial charge in [0.25, 0.3) is 0 Å². The predicted molar refractivity (Wildman–Crippen MR) is 77.7 cm³/mol. The number of nitrogens with one attached hydrogen (secondary N) is 1. The van der Waals surface area contributed by atoms with Gasteiger partial charge in [0.15, 0.2) is 11.1 Å². The third-order valence-corrected chi connectivity index (χ3v) is 3.64. The number of hydrogen-bond donors (Lipinski definition) is 3. The van der Waals surface area contributed by atoms with Gasteiger partial charge in [0, 0.05) is 30.0 Å². The molecule has 0 aliphatic heterocycles. The van der Waals surface area contributed by atoms with Crippen molar-refractivity contribution in [1.82, 2.24) is 4.98 Å². The minimum absolute atomic E-state index is 0.433. The summed E-state index contributed by atoms with van der Waals surface area (Å²) in [4.78, 5) is 8.57. The molecule has 0 aliphatic carbocycles. The number of nitrogens with zero attached hydrogens (tertiary/aromatic N) is 2. The highest BCUT2D eigenvalue weighted by Crippen LogP contribution is 2.18. The van der Waals surface area contributed by atoms with Crippen molar-refractivity contribution >= 4 is 34.2 Å². The molecule has 7 heteroatoms. The second-order valence-corrected chi connectivity index (χ2v) is 5.34. The lowest BCUT2D eigenvalue weighted by molar-refractivity contribution is 0.929. The normalized spacial score (nSPS) is 11.8. The van der Waals surface area contributed by atoms with Crippen LogP contribution >= 0.6 is 23.1 Å². The van der Waals surface area contributed by atoms with Gasteiger partial charge >= 0.3 is 0 Å². The lowest BCUT2D eigenvalue weighted by atomic mass is 10.5. The maximum Gasteiger partial charge on any atom is 0.194 e. The fourth-order valence-corrected chi connectivity index (χ4v) is 2.56. The molecule has 0 aliphatic rings. The summed E-state index contributed by atoms with van der Waals surface area (Å²) in [7, 11) is 0. The standard InChI is InChI=1S/C10H19N5S2/c1-2-4-13-9(12)15-10-14-8(7-17-10)6-16-5-3-11/h7H,2-6,11H2,1H3,(H3,12,13,14,15). The number of nitrogens with two attached hydrogens (primary N) is 2. The number of rotatable bonds is 7. The number of thiazole rings is 1. The van der Waals surface area contributed by atoms with Crippen molar-refractivity contribution in [3.8, 4) is 0 Å². The molecule has 1 rings (SSSR count). The van der Waals surface area contributed by atoms with Crippen molar-refractivity contribution in [3.63, 3.8) is 0 Å². The molecule has 0 saturated carbocycles. The zero-order valence-electron chi connectivity index (χ0n) is 9.98. The average Bonchev–Trinajstić information content (AvgIpc) is 2.74. The Hall–Kier alpha value is -0.790. The van der Waals surface area contributed by atoms with Gasteiger partial charge in [-0.15, -0.1) is 11.3 Å². The van der Waals surface area contributed by atoms with Gasteiger partial charge in [0.1, 0.15) is 0 Å². The summed E-state index contributed by atoms with van der Waals surface area (Å²) in [6.45, 7) is 3.51. The van der Waals surface area contributed by atoms with E-state index in [-0.39, 0.29) is 0 Å². The summed E-state index contributed by atoms with van der Waals surface area (Å²) in [5.74, 6) is 2.28. The van der Waals surface area contributed by atoms with E-state index in [2.05, 4.69) is 22.2 Å². The molecule has 0 fully saturated rings. The Bertz CT molecular complexity index is 350. The van der Waals surface area contributed by atoms with Crippen LogP contribution in [0.4, 0.5) is 5.13 Å². The number of anilines is 1. The molecule has 0 saturated heterocycles. The predicted octanol–water partition coefficient (Wildman–Crippen LogP) is 1.47. The molecule has 0 spiro atoms. The Kier molecular flexibility index (Phi) is 6.99. The Morgan fingerprint density at radius 1 is 1.65 bits per heavy atom. The molecular weight excluding hydrogens is 254 g/mol. The lowest BCUT2D eigenvalue weighted by Crippen LogP contribution is -2.22. The highest BCUT2D eigenvalue weighted by atomic mass is 32.2. The van der Waals surface area contributed by atoms with Gasteiger partial charge in [0.05, 0.1) is 5.69 Å². The summed E-state index contributed by atoms with van der Waals surface area (Å²) in [6.07, 6.45) is 0.987. The first-order valence-corrected chi connectivity index (χ1v) is 7.58. The van der Waals surface area contributed by atoms with Crippen LogP contribution in [0.25, 0.3) is 0 Å². The quantitative estimate of drug-likeness (QED) is 0.398. The minimum Gasteiger partial charge on any atom is -0.370 e. The zero-order chi connectivity index (χ0) is 12.5. The van der Waals surface area contributed by atoms with Crippen LogP contribution in [0.15, 0.2) is 10.4 Å². The fraction of sp³-hybridized carbons (Fsp3) is 0.600. The van der Waals surface area contributed by atoms with E-state index in [1.165, 1.54) is 0 Å². The van der Waals surface area contributed by atoms with Crippen LogP contribution in [0, 0.1) is 0 Å². The van der Waals surface area contributed by atoms with Gasteiger partial charge in [-0.25, -0.2) is 4.98 Å². The maximum atomic E-state index is 5.71. The molecule has 17 heavy (non-hydrogen) atoms. The van der Waals surface area contributed by atoms with E-state index in [9.17, 15) is 0 Å². The molecular formula is C10H19N5S2. The van der Waals surface area contributed by atoms with E-state index in [1.807, 2.05) is 5.38 Å². The first kappa shape index (κ1) is 14.3. The molecule has 0 amide bonds. The second kappa shape index (κ2) is 8.32. The van der Waals surface area contributed by atoms with Crippen LogP contribution in [0.1, 0.15) is 19.0 Å². The summed E-state index contributed by atoms with van der Waals surface area (Å²) < 4.78 is 0. The molecule has 0 aromatic carbocycles. The smallest absolute Gasteiger partial charge is 0.194 e. The first-order chi connectivity index (χ1) is 8.26. The van der Waals surface area contributed by atoms with Gasteiger partial charge in [0.2, 0.25) is 0 Å². The lowest BCUT2D eigenvalue weighted by Gasteiger charge is -2.00. The van der Waals surface area contributed by atoms with E-state index >= 15 is 0 Å². The van der Waals surface area contributed by atoms with Crippen LogP contribution in [-0.2, 0) is 5.75 Å². The molecule has 96 valence electrons. The van der Waals surface area contributed by atoms with Gasteiger partial charge in [-0.05, 0) is 6.42 Å². The molecule has 0 bridgehead atoms. The van der Waals surface area contributed by atoms with E-state index in [0.717, 1.165) is 35.3 Å². The van der Waals surface area contributed by atoms with Crippen molar-refractivity contribution in [1.29, 1.82) is 0 Å². The highest BCUT2D eigenvalue weighted by molar-refractivity contribution is 7.98. The van der Waals surface area contributed by atoms with Crippen LogP contribution in [0.5, 0.6) is 0 Å². The summed E-state index contributed by atoms with van der Waals surface area (Å²) in [5, 5.41) is 5.81. The number of guanidine groups is 1. The van der Waals surface area contributed by atoms with Gasteiger partial charge < -0.3 is 16.8 Å². The molecule has 1 heterocycles. The third-order valence-electron chi connectivity index (χ3n) is 1.80. The average molecular weight is 273 g/mol. The summed E-state index contributed by atoms with van der Waals surface area (Å²) in [6, 6.07) is 0. The van der Waals surface area contributed by atoms with E-state index in [4.69, 9.17) is 11.5 Å². The van der Waals surface area contributed by atoms with Crippen molar-refractivity contribution in [2.75, 3.05) is 24.2 Å². The highest BCUT2D eigenvalue weighted by Gasteiger charge is 2.02. The van der Waals surface area contributed by atoms with Gasteiger partial charge in [-0.1, -0.05) is 6.92 Å². The van der Waals surface area contributed by atoms with E-state index < -0.39 is 0 Å². The Labute approximate surface area is 110 Å². The van der Waals surface area contributed by atoms with Crippen LogP contribution in [0.2, 0.25) is 0 Å². The number of thioether (sulfide) groups is 1. The van der Waals surface area contributed by atoms with E-state index in [0.29, 0.717) is 12.5 Å². The van der Waals surface area contributed by atoms with E-state index in [1.54, 1.807) is 23.1 Å². The van der Waals surface area contributed by atoms with Crippen molar-refractivity contribution < 1.29 is 0 Å². The SMILES string of the molecule is CCCN=C(N)Nc1nc(CSCCN)cs1. The Balaban J connectivity index is 2.39. The number of hydrogen-bond acceptors (Lipinski definition) is 5. The number of aromatic nitrogens is 1. The summed E-state index contributed by atoms with van der Waals surface area (Å²) in [5.41, 5.74) is 12.2. The molecule has 5 nitrogen and oxygen atoms in total. The molecule has 0 atom stereocenters. The molecule has 0 radical (unpaired) electrons. The van der Waals surface area contributed by atoms with Crippen LogP contribution in [0.3, 0.4) is 0 Å². The van der Waals surface area contributed by atoms with Crippen LogP contribution in [-0.4, -0.2) is 29.8 Å². The minimum atomic E-state index is 0.433. The van der Waals surface area contributed by atoms with Crippen LogP contribution < -0.4 is 16.8 Å². The fourth-order valence-electron chi connectivity index (χ4n) is 1.07. The molecule has 0 unspecified atom stereocenters. The topological polar surface area (TPSA) is 89.3 Å². The summed E-state index contributed by atoms with van der Waals surface area (Å²) >= 11 is 3.32. The molecule has 1 aromatic heterocycles. The van der Waals surface area contributed by atoms with Crippen molar-refractivity contribution in [2.45, 2.75) is 19.1 Å². The second-order valence-electron chi connectivity index (χ2n) is 3.38. The number of aliphatic imine (C=N–C) groups is 1. The monoisotopic (exact) mass is 273 g/mol. The Morgan fingerprint density at radius 3 is 3.18 bits per heavy atom. The Morgan fingerprint density at radius 2 is 2.47 bits per heavy atom.